The Morgan fingerprint density at radius 2 is 2.07 bits per heavy atom. The predicted molar refractivity (Wildman–Crippen MR) is 111 cm³/mol. The number of fused-ring (bicyclic) bond motifs is 1. The minimum absolute atomic E-state index is 0.118. The Bertz CT molecular complexity index is 1090. The Morgan fingerprint density at radius 1 is 1.30 bits per heavy atom. The Morgan fingerprint density at radius 3 is 2.73 bits per heavy atom. The third kappa shape index (κ3) is 4.34. The first-order valence-electron chi connectivity index (χ1n) is 9.34. The summed E-state index contributed by atoms with van der Waals surface area (Å²) in [4.78, 5) is 29.7. The first-order valence-corrected chi connectivity index (χ1v) is 12.2. The molecule has 0 bridgehead atoms. The molecule has 3 heterocycles. The normalized spacial score (nSPS) is 15.0. The standard InChI is InChI=1S/C19H19BClIN5O3/c1-10(28)30-19-24-15-7-12(14(21)8-16(15)25-19)13-9-23-18(26-17(13)29-2)27-5-3-11(22-20)4-6-27/h7-9,11H,3-6H2,1-2H3,(H,24,25)/q-1. The molecule has 0 spiro atoms. The zero-order valence-corrected chi connectivity index (χ0v) is 19.4. The second-order valence-electron chi connectivity index (χ2n) is 6.87. The van der Waals surface area contributed by atoms with Crippen molar-refractivity contribution in [2.75, 3.05) is 25.1 Å². The van der Waals surface area contributed by atoms with Gasteiger partial charge in [0.05, 0.1) is 0 Å². The summed E-state index contributed by atoms with van der Waals surface area (Å²) in [6, 6.07) is 3.63. The van der Waals surface area contributed by atoms with Crippen LogP contribution in [-0.4, -0.2) is 55.7 Å². The summed E-state index contributed by atoms with van der Waals surface area (Å²) in [5, 5.41) is 0.475. The molecule has 1 aliphatic rings. The van der Waals surface area contributed by atoms with E-state index in [0.29, 0.717) is 42.9 Å². The van der Waals surface area contributed by atoms with E-state index < -0.39 is 5.97 Å². The van der Waals surface area contributed by atoms with E-state index in [9.17, 15) is 4.79 Å². The zero-order chi connectivity index (χ0) is 21.3. The number of halogens is 2. The van der Waals surface area contributed by atoms with Gasteiger partial charge in [-0.25, -0.2) is 0 Å². The molecule has 1 N–H and O–H groups in total. The van der Waals surface area contributed by atoms with Gasteiger partial charge in [0, 0.05) is 6.92 Å². The second kappa shape index (κ2) is 8.97. The van der Waals surface area contributed by atoms with Crippen LogP contribution >= 0.6 is 11.6 Å². The molecule has 2 aromatic heterocycles. The summed E-state index contributed by atoms with van der Waals surface area (Å²) < 4.78 is 11.2. The summed E-state index contributed by atoms with van der Waals surface area (Å²) in [6.07, 6.45) is 3.86. The monoisotopic (exact) mass is 538 g/mol. The number of alkyl halides is 1. The second-order valence-corrected chi connectivity index (χ2v) is 9.75. The van der Waals surface area contributed by atoms with Crippen molar-refractivity contribution in [2.45, 2.75) is 23.7 Å². The number of aromatic nitrogens is 4. The van der Waals surface area contributed by atoms with Crippen molar-refractivity contribution < 1.29 is 35.3 Å². The average Bonchev–Trinajstić information content (AvgIpc) is 3.13. The molecule has 30 heavy (non-hydrogen) atoms. The van der Waals surface area contributed by atoms with Crippen LogP contribution < -0.4 is 35.4 Å². The van der Waals surface area contributed by atoms with Gasteiger partial charge in [-0.1, -0.05) is 0 Å². The third-order valence-electron chi connectivity index (χ3n) is 4.90. The summed E-state index contributed by atoms with van der Waals surface area (Å²) in [5.74, 6) is 0.618. The number of aromatic amines is 1. The third-order valence-corrected chi connectivity index (χ3v) is 7.47. The van der Waals surface area contributed by atoms with Crippen molar-refractivity contribution in [3.05, 3.63) is 23.4 Å². The summed E-state index contributed by atoms with van der Waals surface area (Å²) in [5.41, 5.74) is 8.49. The molecule has 1 aliphatic heterocycles. The zero-order valence-electron chi connectivity index (χ0n) is 16.5. The van der Waals surface area contributed by atoms with Crippen LogP contribution in [0.4, 0.5) is 5.95 Å². The molecule has 0 atom stereocenters. The molecule has 1 fully saturated rings. The van der Waals surface area contributed by atoms with Crippen molar-refractivity contribution >= 4 is 40.3 Å². The summed E-state index contributed by atoms with van der Waals surface area (Å²) in [7, 11) is 1.57. The molecule has 0 aliphatic carbocycles. The van der Waals surface area contributed by atoms with E-state index in [1.165, 1.54) is 6.92 Å². The van der Waals surface area contributed by atoms with E-state index in [2.05, 4.69) is 24.8 Å². The number of imidazole rings is 1. The number of carbonyl (C=O) groups is 1. The number of piperidine rings is 1. The van der Waals surface area contributed by atoms with Crippen LogP contribution in [0.1, 0.15) is 19.8 Å². The van der Waals surface area contributed by atoms with Gasteiger partial charge in [0.15, 0.2) is 0 Å². The average molecular weight is 539 g/mol. The van der Waals surface area contributed by atoms with Crippen molar-refractivity contribution in [1.82, 2.24) is 19.9 Å². The number of hydrogen-bond acceptors (Lipinski definition) is 7. The number of H-pyrrole nitrogens is 1. The number of esters is 1. The van der Waals surface area contributed by atoms with E-state index in [4.69, 9.17) is 26.8 Å². The van der Waals surface area contributed by atoms with Gasteiger partial charge in [-0.15, -0.1) is 0 Å². The Hall–Kier alpha value is -2.08. The molecular formula is C19H19BClIN5O3-. The number of carbonyl (C=O) groups excluding carboxylic acids is 1. The molecule has 156 valence electrons. The van der Waals surface area contributed by atoms with Crippen molar-refractivity contribution in [2.24, 2.45) is 0 Å². The molecule has 1 aromatic carbocycles. The molecule has 0 saturated carbocycles. The van der Waals surface area contributed by atoms with Crippen LogP contribution in [0.25, 0.3) is 22.2 Å². The number of benzene rings is 1. The fourth-order valence-corrected chi connectivity index (χ4v) is 4.96. The van der Waals surface area contributed by atoms with E-state index in [1.54, 1.807) is 25.4 Å². The van der Waals surface area contributed by atoms with Crippen LogP contribution in [0.3, 0.4) is 0 Å². The SMILES string of the molecule is [B][I-]C1CCN(c2ncc(-c3cc4nc(OC(C)=O)[nH]c4cc3Cl)c(OC)n2)CC1. The van der Waals surface area contributed by atoms with Gasteiger partial charge in [-0.3, -0.25) is 4.79 Å². The maximum absolute atomic E-state index is 11.2. The molecule has 11 heteroatoms. The first kappa shape index (κ1) is 21.2. The van der Waals surface area contributed by atoms with Crippen LogP contribution in [0, 0.1) is 0 Å². The fraction of sp³-hybridized carbons (Fsp3) is 0.368. The summed E-state index contributed by atoms with van der Waals surface area (Å²) in [6.45, 7) is 3.10. The number of hydrogen-bond donors (Lipinski definition) is 1. The number of anilines is 1. The van der Waals surface area contributed by atoms with Gasteiger partial charge in [0.2, 0.25) is 0 Å². The van der Waals surface area contributed by atoms with Crippen LogP contribution in [0.15, 0.2) is 18.3 Å². The molecule has 0 amide bonds. The molecule has 4 rings (SSSR count). The topological polar surface area (TPSA) is 93.2 Å². The number of rotatable bonds is 5. The van der Waals surface area contributed by atoms with Crippen LogP contribution in [0.2, 0.25) is 5.02 Å². The first-order chi connectivity index (χ1) is 14.5. The minimum atomic E-state index is -0.455. The molecule has 3 aromatic rings. The quantitative estimate of drug-likeness (QED) is 0.207. The summed E-state index contributed by atoms with van der Waals surface area (Å²) >= 11 is 6.30. The van der Waals surface area contributed by atoms with E-state index in [0.717, 1.165) is 25.9 Å². The van der Waals surface area contributed by atoms with Crippen LogP contribution in [0.5, 0.6) is 11.9 Å². The number of nitrogens with one attached hydrogen (secondary N) is 1. The molecule has 1 saturated heterocycles. The van der Waals surface area contributed by atoms with Gasteiger partial charge in [-0.2, -0.15) is 0 Å². The van der Waals surface area contributed by atoms with Crippen LogP contribution in [-0.2, 0) is 4.79 Å². The van der Waals surface area contributed by atoms with Crippen molar-refractivity contribution in [3.63, 3.8) is 0 Å². The van der Waals surface area contributed by atoms with Gasteiger partial charge < -0.3 is 9.72 Å². The maximum atomic E-state index is 11.2. The van der Waals surface area contributed by atoms with Gasteiger partial charge in [0.1, 0.15) is 0 Å². The van der Waals surface area contributed by atoms with Crippen molar-refractivity contribution in [3.8, 4) is 23.0 Å². The molecule has 0 unspecified atom stereocenters. The fourth-order valence-electron chi connectivity index (χ4n) is 3.42. The van der Waals surface area contributed by atoms with Gasteiger partial charge in [-0.05, 0) is 0 Å². The van der Waals surface area contributed by atoms with Gasteiger partial charge >= 0.3 is 169 Å². The number of nitrogens with zero attached hydrogens (tertiary/aromatic N) is 4. The van der Waals surface area contributed by atoms with E-state index in [1.807, 2.05) is 0 Å². The number of methoxy groups -OCH3 is 1. The molecular weight excluding hydrogens is 519 g/mol. The molecule has 8 nitrogen and oxygen atoms in total. The number of ether oxygens (including phenoxy) is 2. The van der Waals surface area contributed by atoms with E-state index >= 15 is 0 Å². The Kier molecular flexibility index (Phi) is 6.33. The van der Waals surface area contributed by atoms with Crippen molar-refractivity contribution in [1.29, 1.82) is 0 Å². The predicted octanol–water partition coefficient (Wildman–Crippen LogP) is -0.251. The Balaban J connectivity index is 1.67. The Labute approximate surface area is 190 Å². The molecule has 2 radical (unpaired) electrons. The van der Waals surface area contributed by atoms with Gasteiger partial charge in [0.25, 0.3) is 0 Å². The van der Waals surface area contributed by atoms with E-state index in [-0.39, 0.29) is 27.0 Å².